The van der Waals surface area contributed by atoms with Gasteiger partial charge in [0.1, 0.15) is 0 Å². The molecular formula is C18H17F3N4OS. The van der Waals surface area contributed by atoms with Crippen LogP contribution in [0.5, 0.6) is 0 Å². The number of nitrogens with zero attached hydrogens (tertiary/aromatic N) is 4. The van der Waals surface area contributed by atoms with E-state index in [9.17, 15) is 18.0 Å². The molecule has 0 N–H and O–H groups in total. The van der Waals surface area contributed by atoms with Crippen molar-refractivity contribution in [2.45, 2.75) is 31.2 Å². The van der Waals surface area contributed by atoms with E-state index in [-0.39, 0.29) is 22.9 Å². The van der Waals surface area contributed by atoms with Crippen molar-refractivity contribution in [3.05, 3.63) is 54.2 Å². The summed E-state index contributed by atoms with van der Waals surface area (Å²) in [6.45, 7) is 3.80. The summed E-state index contributed by atoms with van der Waals surface area (Å²) in [5.41, 5.74) is 0.265. The van der Waals surface area contributed by atoms with Crippen molar-refractivity contribution in [3.63, 3.8) is 0 Å². The van der Waals surface area contributed by atoms with Crippen LogP contribution in [0.2, 0.25) is 0 Å². The summed E-state index contributed by atoms with van der Waals surface area (Å²) in [5, 5.41) is 8.00. The zero-order valence-electron chi connectivity index (χ0n) is 14.6. The highest BCUT2D eigenvalue weighted by Gasteiger charge is 2.31. The molecule has 9 heteroatoms. The number of thioether (sulfide) groups is 1. The zero-order valence-corrected chi connectivity index (χ0v) is 15.5. The van der Waals surface area contributed by atoms with Crippen LogP contribution in [0.1, 0.15) is 19.4 Å². The van der Waals surface area contributed by atoms with E-state index >= 15 is 0 Å². The molecule has 0 saturated heterocycles. The molecule has 0 aliphatic carbocycles. The normalized spacial score (nSPS) is 11.9. The predicted molar refractivity (Wildman–Crippen MR) is 97.8 cm³/mol. The van der Waals surface area contributed by atoms with Gasteiger partial charge in [0.15, 0.2) is 10.8 Å². The largest absolute Gasteiger partial charge is 0.417 e. The fourth-order valence-electron chi connectivity index (χ4n) is 2.65. The average Bonchev–Trinajstić information content (AvgIpc) is 3.02. The number of hydrogen-bond donors (Lipinski definition) is 0. The van der Waals surface area contributed by atoms with Crippen LogP contribution in [-0.2, 0) is 11.0 Å². The second-order valence-corrected chi connectivity index (χ2v) is 7.05. The number of fused-ring (bicyclic) bond motifs is 1. The fourth-order valence-corrected chi connectivity index (χ4v) is 3.43. The zero-order chi connectivity index (χ0) is 19.6. The summed E-state index contributed by atoms with van der Waals surface area (Å²) in [5.74, 6) is -0.130. The molecule has 0 bridgehead atoms. The molecule has 3 rings (SSSR count). The number of rotatable bonds is 5. The van der Waals surface area contributed by atoms with Crippen LogP contribution >= 0.6 is 11.8 Å². The van der Waals surface area contributed by atoms with Gasteiger partial charge in [-0.05, 0) is 38.1 Å². The van der Waals surface area contributed by atoms with Gasteiger partial charge in [-0.15, -0.1) is 10.2 Å². The minimum atomic E-state index is -4.46. The summed E-state index contributed by atoms with van der Waals surface area (Å²) in [7, 11) is 0. The smallest absolute Gasteiger partial charge is 0.309 e. The molecule has 0 fully saturated rings. The van der Waals surface area contributed by atoms with Crippen molar-refractivity contribution in [3.8, 4) is 0 Å². The number of alkyl halides is 3. The second-order valence-electron chi connectivity index (χ2n) is 6.11. The first kappa shape index (κ1) is 19.2. The first-order chi connectivity index (χ1) is 12.8. The van der Waals surface area contributed by atoms with E-state index in [0.29, 0.717) is 5.65 Å². The van der Waals surface area contributed by atoms with Gasteiger partial charge < -0.3 is 4.90 Å². The van der Waals surface area contributed by atoms with Crippen LogP contribution < -0.4 is 4.90 Å². The van der Waals surface area contributed by atoms with Gasteiger partial charge in [-0.2, -0.15) is 13.2 Å². The Hall–Kier alpha value is -2.55. The molecule has 2 heterocycles. The predicted octanol–water partition coefficient (Wildman–Crippen LogP) is 4.28. The molecule has 1 aromatic carbocycles. The van der Waals surface area contributed by atoms with Crippen LogP contribution in [0.25, 0.3) is 5.65 Å². The molecule has 0 saturated carbocycles. The average molecular weight is 394 g/mol. The van der Waals surface area contributed by atoms with E-state index in [4.69, 9.17) is 0 Å². The molecule has 2 aromatic heterocycles. The topological polar surface area (TPSA) is 50.5 Å². The van der Waals surface area contributed by atoms with Crippen molar-refractivity contribution in [1.82, 2.24) is 14.6 Å². The van der Waals surface area contributed by atoms with Crippen LogP contribution in [0.15, 0.2) is 53.8 Å². The van der Waals surface area contributed by atoms with E-state index in [1.165, 1.54) is 10.5 Å². The number of benzene rings is 1. The highest BCUT2D eigenvalue weighted by molar-refractivity contribution is 7.99. The minimum Gasteiger partial charge on any atom is -0.309 e. The molecule has 0 spiro atoms. The van der Waals surface area contributed by atoms with Gasteiger partial charge in [0.25, 0.3) is 0 Å². The highest BCUT2D eigenvalue weighted by atomic mass is 32.2. The van der Waals surface area contributed by atoms with Crippen molar-refractivity contribution in [1.29, 1.82) is 0 Å². The Bertz CT molecular complexity index is 941. The molecule has 0 aliphatic heterocycles. The molecule has 0 aliphatic rings. The lowest BCUT2D eigenvalue weighted by molar-refractivity contribution is -0.137. The SMILES string of the molecule is CC(C)N(C(=O)CSc1nnc2ccc(C(F)(F)F)cn12)c1ccccc1. The van der Waals surface area contributed by atoms with Crippen molar-refractivity contribution < 1.29 is 18.0 Å². The van der Waals surface area contributed by atoms with Gasteiger partial charge in [0, 0.05) is 17.9 Å². The third kappa shape index (κ3) is 4.24. The summed E-state index contributed by atoms with van der Waals surface area (Å²) in [6.07, 6.45) is -3.52. The molecule has 1 amide bonds. The summed E-state index contributed by atoms with van der Waals surface area (Å²) in [4.78, 5) is 14.4. The number of aromatic nitrogens is 3. The lowest BCUT2D eigenvalue weighted by Gasteiger charge is -2.26. The first-order valence-corrected chi connectivity index (χ1v) is 9.18. The van der Waals surface area contributed by atoms with Crippen LogP contribution in [0.4, 0.5) is 18.9 Å². The number of halogens is 3. The Balaban J connectivity index is 1.80. The molecule has 142 valence electrons. The van der Waals surface area contributed by atoms with Crippen LogP contribution in [-0.4, -0.2) is 32.3 Å². The van der Waals surface area contributed by atoms with Gasteiger partial charge in [-0.25, -0.2) is 0 Å². The lowest BCUT2D eigenvalue weighted by atomic mass is 10.2. The number of hydrogen-bond acceptors (Lipinski definition) is 4. The Labute approximate surface area is 158 Å². The minimum absolute atomic E-state index is 0.0319. The lowest BCUT2D eigenvalue weighted by Crippen LogP contribution is -2.38. The number of carbonyl (C=O) groups is 1. The Kier molecular flexibility index (Phi) is 5.41. The molecular weight excluding hydrogens is 377 g/mol. The Morgan fingerprint density at radius 3 is 2.48 bits per heavy atom. The number of carbonyl (C=O) groups excluding carboxylic acids is 1. The third-order valence-corrected chi connectivity index (χ3v) is 4.77. The number of para-hydroxylation sites is 1. The van der Waals surface area contributed by atoms with Gasteiger partial charge in [0.2, 0.25) is 5.91 Å². The maximum absolute atomic E-state index is 12.9. The van der Waals surface area contributed by atoms with E-state index in [1.54, 1.807) is 4.90 Å². The van der Waals surface area contributed by atoms with Gasteiger partial charge in [0.05, 0.1) is 11.3 Å². The summed E-state index contributed by atoms with van der Waals surface area (Å²) in [6, 6.07) is 11.4. The van der Waals surface area contributed by atoms with Gasteiger partial charge in [-0.3, -0.25) is 9.20 Å². The van der Waals surface area contributed by atoms with Crippen LogP contribution in [0, 0.1) is 0 Å². The fraction of sp³-hybridized carbons (Fsp3) is 0.278. The van der Waals surface area contributed by atoms with E-state index in [0.717, 1.165) is 29.7 Å². The standard InChI is InChI=1S/C18H17F3N4OS/c1-12(2)25(14-6-4-3-5-7-14)16(26)11-27-17-23-22-15-9-8-13(10-24(15)17)18(19,20)21/h3-10,12H,11H2,1-2H3. The Morgan fingerprint density at radius 2 is 1.85 bits per heavy atom. The van der Waals surface area contributed by atoms with Crippen molar-refractivity contribution in [2.24, 2.45) is 0 Å². The molecule has 5 nitrogen and oxygen atoms in total. The molecule has 3 aromatic rings. The molecule has 0 atom stereocenters. The molecule has 0 unspecified atom stereocenters. The molecule has 27 heavy (non-hydrogen) atoms. The van der Waals surface area contributed by atoms with E-state index in [2.05, 4.69) is 10.2 Å². The summed E-state index contributed by atoms with van der Waals surface area (Å²) >= 11 is 1.06. The maximum Gasteiger partial charge on any atom is 0.417 e. The highest BCUT2D eigenvalue weighted by Crippen LogP contribution is 2.30. The van der Waals surface area contributed by atoms with Crippen LogP contribution in [0.3, 0.4) is 0 Å². The van der Waals surface area contributed by atoms with Crippen molar-refractivity contribution in [2.75, 3.05) is 10.7 Å². The van der Waals surface area contributed by atoms with Crippen molar-refractivity contribution >= 4 is 29.0 Å². The first-order valence-electron chi connectivity index (χ1n) is 8.19. The Morgan fingerprint density at radius 1 is 1.15 bits per heavy atom. The summed E-state index contributed by atoms with van der Waals surface area (Å²) < 4.78 is 40.0. The van der Waals surface area contributed by atoms with Gasteiger partial charge in [-0.1, -0.05) is 30.0 Å². The second kappa shape index (κ2) is 7.59. The number of anilines is 1. The molecule has 0 radical (unpaired) electrons. The van der Waals surface area contributed by atoms with Gasteiger partial charge >= 0.3 is 6.18 Å². The number of amides is 1. The quantitative estimate of drug-likeness (QED) is 0.606. The maximum atomic E-state index is 12.9. The monoisotopic (exact) mass is 394 g/mol. The van der Waals surface area contributed by atoms with E-state index in [1.807, 2.05) is 44.2 Å². The third-order valence-electron chi connectivity index (χ3n) is 3.84. The number of pyridine rings is 1. The van der Waals surface area contributed by atoms with E-state index < -0.39 is 11.7 Å².